The minimum atomic E-state index is -0.311. The molecule has 0 aliphatic carbocycles. The van der Waals surface area contributed by atoms with Crippen LogP contribution in [0.4, 0.5) is 5.69 Å². The zero-order valence-electron chi connectivity index (χ0n) is 16.8. The van der Waals surface area contributed by atoms with Crippen molar-refractivity contribution < 1.29 is 9.53 Å². The van der Waals surface area contributed by atoms with Crippen LogP contribution in [0, 0.1) is 6.92 Å². The highest BCUT2D eigenvalue weighted by atomic mass is 79.9. The Morgan fingerprint density at radius 2 is 2.00 bits per heavy atom. The van der Waals surface area contributed by atoms with E-state index in [1.54, 1.807) is 6.08 Å². The summed E-state index contributed by atoms with van der Waals surface area (Å²) in [5.74, 6) is 1.56. The molecule has 0 fully saturated rings. The van der Waals surface area contributed by atoms with Crippen molar-refractivity contribution >= 4 is 39.3 Å². The van der Waals surface area contributed by atoms with Crippen LogP contribution < -0.4 is 10.1 Å². The van der Waals surface area contributed by atoms with E-state index < -0.39 is 0 Å². The summed E-state index contributed by atoms with van der Waals surface area (Å²) >= 11 is 4.75. The van der Waals surface area contributed by atoms with Gasteiger partial charge in [-0.3, -0.25) is 9.36 Å². The van der Waals surface area contributed by atoms with Gasteiger partial charge in [0.1, 0.15) is 5.75 Å². The first-order valence-corrected chi connectivity index (χ1v) is 11.2. The third kappa shape index (κ3) is 5.73. The second-order valence-corrected chi connectivity index (χ2v) is 8.46. The molecule has 0 radical (unpaired) electrons. The number of halogens is 1. The van der Waals surface area contributed by atoms with Crippen LogP contribution in [0.25, 0.3) is 0 Å². The molecule has 1 unspecified atom stereocenters. The number of para-hydroxylation sites is 1. The zero-order valence-corrected chi connectivity index (χ0v) is 19.2. The van der Waals surface area contributed by atoms with Crippen LogP contribution in [0.3, 0.4) is 0 Å². The van der Waals surface area contributed by atoms with Gasteiger partial charge in [0.15, 0.2) is 17.1 Å². The molecule has 0 saturated carbocycles. The van der Waals surface area contributed by atoms with Crippen molar-refractivity contribution in [3.05, 3.63) is 77.0 Å². The summed E-state index contributed by atoms with van der Waals surface area (Å²) in [7, 11) is 0. The Kier molecular flexibility index (Phi) is 7.70. The topological polar surface area (TPSA) is 69.0 Å². The van der Waals surface area contributed by atoms with Crippen LogP contribution in [0.5, 0.6) is 5.75 Å². The summed E-state index contributed by atoms with van der Waals surface area (Å²) in [5, 5.41) is 12.2. The molecule has 0 aliphatic rings. The van der Waals surface area contributed by atoms with E-state index in [4.69, 9.17) is 4.74 Å². The predicted molar refractivity (Wildman–Crippen MR) is 124 cm³/mol. The third-order valence-corrected chi connectivity index (χ3v) is 5.79. The lowest BCUT2D eigenvalue weighted by Gasteiger charge is -2.15. The average molecular weight is 487 g/mol. The molecule has 1 heterocycles. The van der Waals surface area contributed by atoms with Crippen LogP contribution in [-0.4, -0.2) is 26.4 Å². The molecule has 1 N–H and O–H groups in total. The zero-order chi connectivity index (χ0) is 21.5. The quantitative estimate of drug-likeness (QED) is 0.323. The number of nitrogens with one attached hydrogen (secondary N) is 1. The van der Waals surface area contributed by atoms with Crippen LogP contribution in [-0.2, 0) is 11.3 Å². The first-order valence-electron chi connectivity index (χ1n) is 9.42. The number of hydrogen-bond donors (Lipinski definition) is 1. The number of thioether (sulfide) groups is 1. The first kappa shape index (κ1) is 22.1. The van der Waals surface area contributed by atoms with Gasteiger partial charge in [0.05, 0.1) is 5.75 Å². The molecule has 1 aromatic heterocycles. The highest BCUT2D eigenvalue weighted by Gasteiger charge is 2.20. The molecule has 2 aromatic carbocycles. The van der Waals surface area contributed by atoms with Gasteiger partial charge in [0.25, 0.3) is 0 Å². The normalized spacial score (nSPS) is 11.7. The molecule has 30 heavy (non-hydrogen) atoms. The lowest BCUT2D eigenvalue weighted by molar-refractivity contribution is -0.113. The highest BCUT2D eigenvalue weighted by molar-refractivity contribution is 9.10. The Morgan fingerprint density at radius 3 is 2.70 bits per heavy atom. The van der Waals surface area contributed by atoms with Gasteiger partial charge in [-0.1, -0.05) is 52.0 Å². The molecule has 0 saturated heterocycles. The molecule has 3 rings (SSSR count). The summed E-state index contributed by atoms with van der Waals surface area (Å²) in [6.07, 6.45) is 1.46. The van der Waals surface area contributed by atoms with Crippen LogP contribution >= 0.6 is 27.7 Å². The number of rotatable bonds is 9. The van der Waals surface area contributed by atoms with E-state index in [1.807, 2.05) is 66.9 Å². The second kappa shape index (κ2) is 10.4. The number of carbonyl (C=O) groups excluding carboxylic acids is 1. The maximum absolute atomic E-state index is 12.4. The average Bonchev–Trinajstić information content (AvgIpc) is 3.13. The predicted octanol–water partition coefficient (Wildman–Crippen LogP) is 5.41. The number of aromatic nitrogens is 3. The van der Waals surface area contributed by atoms with Gasteiger partial charge in [-0.25, -0.2) is 0 Å². The Morgan fingerprint density at radius 1 is 1.27 bits per heavy atom. The van der Waals surface area contributed by atoms with Crippen molar-refractivity contribution in [2.45, 2.75) is 31.7 Å². The number of benzene rings is 2. The van der Waals surface area contributed by atoms with Crippen molar-refractivity contribution in [2.24, 2.45) is 0 Å². The molecular weight excluding hydrogens is 464 g/mol. The standard InChI is InChI=1S/C22H23BrN4O2S/c1-4-13-27-21(16(3)29-18-11-9-17(23)10-12-18)25-26-22(27)30-14-20(28)24-19-8-6-5-7-15(19)2/h4-12,16H,1,13-14H2,2-3H3,(H,24,28). The first-order chi connectivity index (χ1) is 14.5. The van der Waals surface area contributed by atoms with E-state index in [0.29, 0.717) is 17.5 Å². The van der Waals surface area contributed by atoms with Crippen molar-refractivity contribution in [1.82, 2.24) is 14.8 Å². The fraction of sp³-hybridized carbons (Fsp3) is 0.227. The maximum Gasteiger partial charge on any atom is 0.234 e. The van der Waals surface area contributed by atoms with E-state index >= 15 is 0 Å². The van der Waals surface area contributed by atoms with Gasteiger partial charge in [-0.15, -0.1) is 16.8 Å². The van der Waals surface area contributed by atoms with Gasteiger partial charge in [0.2, 0.25) is 5.91 Å². The molecule has 0 spiro atoms. The number of amides is 1. The van der Waals surface area contributed by atoms with Crippen LogP contribution in [0.2, 0.25) is 0 Å². The van der Waals surface area contributed by atoms with Crippen LogP contribution in [0.1, 0.15) is 24.4 Å². The smallest absolute Gasteiger partial charge is 0.234 e. The van der Waals surface area contributed by atoms with Crippen molar-refractivity contribution in [1.29, 1.82) is 0 Å². The Labute approximate surface area is 188 Å². The molecule has 0 aliphatic heterocycles. The van der Waals surface area contributed by atoms with E-state index in [2.05, 4.69) is 38.0 Å². The van der Waals surface area contributed by atoms with E-state index in [1.165, 1.54) is 11.8 Å². The summed E-state index contributed by atoms with van der Waals surface area (Å²) in [6.45, 7) is 8.23. The monoisotopic (exact) mass is 486 g/mol. The van der Waals surface area contributed by atoms with Gasteiger partial charge >= 0.3 is 0 Å². The summed E-state index contributed by atoms with van der Waals surface area (Å²) in [6, 6.07) is 15.3. The molecule has 1 atom stereocenters. The van der Waals surface area contributed by atoms with Crippen LogP contribution in [0.15, 0.2) is 70.8 Å². The number of allylic oxidation sites excluding steroid dienone is 1. The van der Waals surface area contributed by atoms with E-state index in [9.17, 15) is 4.79 Å². The lowest BCUT2D eigenvalue weighted by atomic mass is 10.2. The Balaban J connectivity index is 1.67. The number of ether oxygens (including phenoxy) is 1. The summed E-state index contributed by atoms with van der Waals surface area (Å²) < 4.78 is 8.91. The fourth-order valence-corrected chi connectivity index (χ4v) is 3.83. The second-order valence-electron chi connectivity index (χ2n) is 6.61. The third-order valence-electron chi connectivity index (χ3n) is 4.30. The molecule has 8 heteroatoms. The molecular formula is C22H23BrN4O2S. The van der Waals surface area contributed by atoms with Gasteiger partial charge in [-0.2, -0.15) is 0 Å². The SMILES string of the molecule is C=CCn1c(SCC(=O)Nc2ccccc2C)nnc1C(C)Oc1ccc(Br)cc1. The minimum Gasteiger partial charge on any atom is -0.483 e. The van der Waals surface area contributed by atoms with Gasteiger partial charge < -0.3 is 10.1 Å². The number of hydrogen-bond acceptors (Lipinski definition) is 5. The van der Waals surface area contributed by atoms with E-state index in [-0.39, 0.29) is 17.8 Å². The lowest BCUT2D eigenvalue weighted by Crippen LogP contribution is -2.16. The largest absolute Gasteiger partial charge is 0.483 e. The number of anilines is 1. The highest BCUT2D eigenvalue weighted by Crippen LogP contribution is 2.26. The van der Waals surface area contributed by atoms with Gasteiger partial charge in [0, 0.05) is 16.7 Å². The fourth-order valence-electron chi connectivity index (χ4n) is 2.81. The molecule has 0 bridgehead atoms. The Hall–Kier alpha value is -2.58. The number of aryl methyl sites for hydroxylation is 1. The van der Waals surface area contributed by atoms with Gasteiger partial charge in [-0.05, 0) is 49.7 Å². The maximum atomic E-state index is 12.4. The molecule has 156 valence electrons. The number of carbonyl (C=O) groups is 1. The molecule has 1 amide bonds. The van der Waals surface area contributed by atoms with Crippen molar-refractivity contribution in [3.8, 4) is 5.75 Å². The summed E-state index contributed by atoms with van der Waals surface area (Å²) in [5.41, 5.74) is 1.83. The molecule has 6 nitrogen and oxygen atoms in total. The minimum absolute atomic E-state index is 0.0943. The molecule has 3 aromatic rings. The number of nitrogens with zero attached hydrogens (tertiary/aromatic N) is 3. The van der Waals surface area contributed by atoms with Crippen molar-refractivity contribution in [2.75, 3.05) is 11.1 Å². The Bertz CT molecular complexity index is 1020. The van der Waals surface area contributed by atoms with Crippen molar-refractivity contribution in [3.63, 3.8) is 0 Å². The summed E-state index contributed by atoms with van der Waals surface area (Å²) in [4.78, 5) is 12.4. The van der Waals surface area contributed by atoms with E-state index in [0.717, 1.165) is 21.5 Å².